The van der Waals surface area contributed by atoms with Crippen molar-refractivity contribution in [3.8, 4) is 0 Å². The number of benzene rings is 1. The molecule has 1 fully saturated rings. The maximum atomic E-state index is 5.99. The van der Waals surface area contributed by atoms with Crippen LogP contribution in [0.2, 0.25) is 5.02 Å². The van der Waals surface area contributed by atoms with E-state index in [1.165, 1.54) is 5.56 Å². The molecule has 0 N–H and O–H groups in total. The van der Waals surface area contributed by atoms with E-state index in [2.05, 4.69) is 52.9 Å². The van der Waals surface area contributed by atoms with Crippen molar-refractivity contribution in [3.05, 3.63) is 45.8 Å². The molecule has 1 aliphatic rings. The minimum atomic E-state index is 0.783. The fourth-order valence-electron chi connectivity index (χ4n) is 3.45. The van der Waals surface area contributed by atoms with Crippen molar-refractivity contribution in [2.45, 2.75) is 13.0 Å². The number of fused-ring (bicyclic) bond motifs is 1. The quantitative estimate of drug-likeness (QED) is 0.630. The standard InChI is InChI=1S/C18H20BrClN6/c1-24-17-15(16(19)23-24)18(22-12-21-17)26-8-2-7-25(9-10-26)11-13-3-5-14(20)6-4-13/h3-6,12H,2,7-11H2,1H3. The van der Waals surface area contributed by atoms with Crippen molar-refractivity contribution in [1.29, 1.82) is 0 Å². The number of halogens is 2. The molecule has 0 unspecified atom stereocenters. The van der Waals surface area contributed by atoms with Gasteiger partial charge in [0.15, 0.2) is 5.65 Å². The van der Waals surface area contributed by atoms with Gasteiger partial charge >= 0.3 is 0 Å². The molecule has 1 aromatic carbocycles. The van der Waals surface area contributed by atoms with Crippen molar-refractivity contribution in [2.24, 2.45) is 7.05 Å². The summed E-state index contributed by atoms with van der Waals surface area (Å²) in [6, 6.07) is 8.12. The molecule has 0 bridgehead atoms. The fourth-order valence-corrected chi connectivity index (χ4v) is 4.17. The summed E-state index contributed by atoms with van der Waals surface area (Å²) in [7, 11) is 1.90. The van der Waals surface area contributed by atoms with Gasteiger partial charge in [0, 0.05) is 44.8 Å². The first-order chi connectivity index (χ1) is 12.6. The molecule has 8 heteroatoms. The van der Waals surface area contributed by atoms with Crippen LogP contribution in [0.3, 0.4) is 0 Å². The third-order valence-corrected chi connectivity index (χ3v) is 5.57. The molecule has 26 heavy (non-hydrogen) atoms. The zero-order chi connectivity index (χ0) is 18.1. The first-order valence-electron chi connectivity index (χ1n) is 8.67. The van der Waals surface area contributed by atoms with Crippen LogP contribution in [0, 0.1) is 0 Å². The van der Waals surface area contributed by atoms with Gasteiger partial charge in [0.1, 0.15) is 16.7 Å². The highest BCUT2D eigenvalue weighted by atomic mass is 79.9. The van der Waals surface area contributed by atoms with Gasteiger partial charge in [0.2, 0.25) is 0 Å². The Morgan fingerprint density at radius 1 is 1.08 bits per heavy atom. The van der Waals surface area contributed by atoms with Gasteiger partial charge in [-0.25, -0.2) is 14.6 Å². The molecule has 0 radical (unpaired) electrons. The molecule has 0 saturated carbocycles. The molecule has 0 amide bonds. The predicted octanol–water partition coefficient (Wildman–Crippen LogP) is 3.49. The lowest BCUT2D eigenvalue weighted by Gasteiger charge is -2.23. The zero-order valence-corrected chi connectivity index (χ0v) is 16.9. The molecule has 3 aromatic rings. The summed E-state index contributed by atoms with van der Waals surface area (Å²) >= 11 is 9.54. The Labute approximate surface area is 165 Å². The number of aromatic nitrogens is 4. The molecule has 0 aliphatic carbocycles. The molecule has 3 heterocycles. The molecule has 1 saturated heterocycles. The van der Waals surface area contributed by atoms with Crippen LogP contribution in [0.5, 0.6) is 0 Å². The zero-order valence-electron chi connectivity index (χ0n) is 14.6. The van der Waals surface area contributed by atoms with Crippen LogP contribution in [0.15, 0.2) is 35.2 Å². The largest absolute Gasteiger partial charge is 0.355 e. The van der Waals surface area contributed by atoms with E-state index in [9.17, 15) is 0 Å². The van der Waals surface area contributed by atoms with Crippen molar-refractivity contribution in [2.75, 3.05) is 31.1 Å². The van der Waals surface area contributed by atoms with Crippen LogP contribution in [0.4, 0.5) is 5.82 Å². The lowest BCUT2D eigenvalue weighted by Crippen LogP contribution is -2.31. The van der Waals surface area contributed by atoms with Gasteiger partial charge < -0.3 is 4.90 Å². The average Bonchev–Trinajstić information content (AvgIpc) is 2.81. The van der Waals surface area contributed by atoms with Gasteiger partial charge in [-0.2, -0.15) is 5.10 Å². The van der Waals surface area contributed by atoms with Crippen LogP contribution in [-0.2, 0) is 13.6 Å². The Morgan fingerprint density at radius 3 is 2.69 bits per heavy atom. The smallest absolute Gasteiger partial charge is 0.164 e. The van der Waals surface area contributed by atoms with E-state index < -0.39 is 0 Å². The number of rotatable bonds is 3. The molecule has 2 aromatic heterocycles. The maximum absolute atomic E-state index is 5.99. The summed E-state index contributed by atoms with van der Waals surface area (Å²) in [6.07, 6.45) is 2.72. The van der Waals surface area contributed by atoms with E-state index in [1.54, 1.807) is 11.0 Å². The summed E-state index contributed by atoms with van der Waals surface area (Å²) in [5.41, 5.74) is 2.14. The molecule has 4 rings (SSSR count). The number of hydrogen-bond donors (Lipinski definition) is 0. The van der Waals surface area contributed by atoms with E-state index in [1.807, 2.05) is 19.2 Å². The Kier molecular flexibility index (Phi) is 5.11. The lowest BCUT2D eigenvalue weighted by atomic mass is 10.2. The molecule has 0 spiro atoms. The van der Waals surface area contributed by atoms with Crippen molar-refractivity contribution < 1.29 is 0 Å². The molecule has 6 nitrogen and oxygen atoms in total. The van der Waals surface area contributed by atoms with E-state index >= 15 is 0 Å². The van der Waals surface area contributed by atoms with Crippen molar-refractivity contribution in [3.63, 3.8) is 0 Å². The first-order valence-corrected chi connectivity index (χ1v) is 9.84. The highest BCUT2D eigenvalue weighted by Gasteiger charge is 2.21. The van der Waals surface area contributed by atoms with Gasteiger partial charge in [0.25, 0.3) is 0 Å². The Bertz CT molecular complexity index is 910. The van der Waals surface area contributed by atoms with Crippen LogP contribution >= 0.6 is 27.5 Å². The third kappa shape index (κ3) is 3.56. The van der Waals surface area contributed by atoms with Gasteiger partial charge in [-0.1, -0.05) is 23.7 Å². The minimum Gasteiger partial charge on any atom is -0.355 e. The maximum Gasteiger partial charge on any atom is 0.164 e. The normalized spacial score (nSPS) is 16.2. The van der Waals surface area contributed by atoms with Gasteiger partial charge in [-0.15, -0.1) is 0 Å². The third-order valence-electron chi connectivity index (χ3n) is 4.77. The van der Waals surface area contributed by atoms with E-state index in [-0.39, 0.29) is 0 Å². The highest BCUT2D eigenvalue weighted by Crippen LogP contribution is 2.30. The van der Waals surface area contributed by atoms with Gasteiger partial charge in [-0.05, 0) is 40.0 Å². The number of nitrogens with zero attached hydrogens (tertiary/aromatic N) is 6. The second kappa shape index (κ2) is 7.50. The Hall–Kier alpha value is -1.70. The first kappa shape index (κ1) is 17.7. The number of hydrogen-bond acceptors (Lipinski definition) is 5. The molecular formula is C18H20BrClN6. The number of anilines is 1. The molecular weight excluding hydrogens is 416 g/mol. The molecule has 0 atom stereocenters. The topological polar surface area (TPSA) is 50.1 Å². The SMILES string of the molecule is Cn1nc(Br)c2c(N3CCCN(Cc4ccc(Cl)cc4)CC3)ncnc21. The fraction of sp³-hybridized carbons (Fsp3) is 0.389. The summed E-state index contributed by atoms with van der Waals surface area (Å²) < 4.78 is 2.59. The summed E-state index contributed by atoms with van der Waals surface area (Å²) in [5, 5.41) is 6.20. The van der Waals surface area contributed by atoms with Crippen LogP contribution in [0.25, 0.3) is 11.0 Å². The van der Waals surface area contributed by atoms with Crippen LogP contribution in [-0.4, -0.2) is 50.8 Å². The Balaban J connectivity index is 1.51. The molecule has 136 valence electrons. The van der Waals surface area contributed by atoms with Crippen LogP contribution < -0.4 is 4.90 Å². The van der Waals surface area contributed by atoms with Crippen molar-refractivity contribution >= 4 is 44.4 Å². The lowest BCUT2D eigenvalue weighted by molar-refractivity contribution is 0.285. The van der Waals surface area contributed by atoms with Crippen LogP contribution in [0.1, 0.15) is 12.0 Å². The van der Waals surface area contributed by atoms with Crippen molar-refractivity contribution in [1.82, 2.24) is 24.6 Å². The summed E-state index contributed by atoms with van der Waals surface area (Å²) in [6.45, 7) is 4.92. The Morgan fingerprint density at radius 2 is 1.88 bits per heavy atom. The van der Waals surface area contributed by atoms with Gasteiger partial charge in [0.05, 0.1) is 5.39 Å². The van der Waals surface area contributed by atoms with E-state index in [0.717, 1.165) is 65.6 Å². The van der Waals surface area contributed by atoms with Gasteiger partial charge in [-0.3, -0.25) is 4.90 Å². The average molecular weight is 436 g/mol. The number of aryl methyl sites for hydroxylation is 1. The minimum absolute atomic E-state index is 0.783. The summed E-state index contributed by atoms with van der Waals surface area (Å²) in [4.78, 5) is 13.8. The summed E-state index contributed by atoms with van der Waals surface area (Å²) in [5.74, 6) is 0.961. The second-order valence-corrected chi connectivity index (χ2v) is 7.74. The highest BCUT2D eigenvalue weighted by molar-refractivity contribution is 9.10. The monoisotopic (exact) mass is 434 g/mol. The van der Waals surface area contributed by atoms with E-state index in [0.29, 0.717) is 0 Å². The second-order valence-electron chi connectivity index (χ2n) is 6.55. The predicted molar refractivity (Wildman–Crippen MR) is 108 cm³/mol. The van der Waals surface area contributed by atoms with E-state index in [4.69, 9.17) is 11.6 Å². The molecule has 1 aliphatic heterocycles.